The van der Waals surface area contributed by atoms with Gasteiger partial charge in [-0.3, -0.25) is 11.3 Å². The Labute approximate surface area is 127 Å². The first kappa shape index (κ1) is 14.7. The molecule has 0 fully saturated rings. The first-order valence-electron chi connectivity index (χ1n) is 6.49. The maximum atomic E-state index is 5.79. The fourth-order valence-electron chi connectivity index (χ4n) is 2.44. The number of hydrogen-bond donors (Lipinski definition) is 2. The summed E-state index contributed by atoms with van der Waals surface area (Å²) in [5, 5.41) is 2.11. The lowest BCUT2D eigenvalue weighted by Gasteiger charge is -2.26. The number of benzene rings is 1. The van der Waals surface area contributed by atoms with E-state index >= 15 is 0 Å². The van der Waals surface area contributed by atoms with E-state index in [0.717, 1.165) is 12.8 Å². The highest BCUT2D eigenvalue weighted by molar-refractivity contribution is 9.10. The van der Waals surface area contributed by atoms with Gasteiger partial charge in [0.1, 0.15) is 0 Å². The van der Waals surface area contributed by atoms with Crippen LogP contribution < -0.4 is 11.3 Å². The van der Waals surface area contributed by atoms with Gasteiger partial charge in [-0.1, -0.05) is 37.3 Å². The zero-order valence-corrected chi connectivity index (χ0v) is 13.4. The maximum Gasteiger partial charge on any atom is 0.0327 e. The van der Waals surface area contributed by atoms with Crippen molar-refractivity contribution < 1.29 is 0 Å². The van der Waals surface area contributed by atoms with Crippen molar-refractivity contribution in [2.45, 2.75) is 31.7 Å². The molecule has 0 saturated heterocycles. The zero-order valence-electron chi connectivity index (χ0n) is 11.0. The van der Waals surface area contributed by atoms with E-state index in [0.29, 0.717) is 5.92 Å². The van der Waals surface area contributed by atoms with Crippen molar-refractivity contribution in [2.24, 2.45) is 5.84 Å². The predicted octanol–water partition coefficient (Wildman–Crippen LogP) is 4.08. The Balaban J connectivity index is 2.17. The summed E-state index contributed by atoms with van der Waals surface area (Å²) in [7, 11) is 0. The third-order valence-electron chi connectivity index (χ3n) is 3.46. The van der Waals surface area contributed by atoms with Gasteiger partial charge in [0.05, 0.1) is 0 Å². The van der Waals surface area contributed by atoms with Crippen molar-refractivity contribution in [3.63, 3.8) is 0 Å². The Hall–Kier alpha value is -0.680. The molecule has 0 radical (unpaired) electrons. The molecular formula is C15H19BrN2S. The number of halogens is 1. The summed E-state index contributed by atoms with van der Waals surface area (Å²) in [6.45, 7) is 2.21. The van der Waals surface area contributed by atoms with Crippen LogP contribution in [0.2, 0.25) is 0 Å². The first-order chi connectivity index (χ1) is 9.26. The molecule has 1 aromatic carbocycles. The van der Waals surface area contributed by atoms with Crippen LogP contribution in [0, 0.1) is 0 Å². The van der Waals surface area contributed by atoms with Gasteiger partial charge >= 0.3 is 0 Å². The molecule has 19 heavy (non-hydrogen) atoms. The molecule has 3 N–H and O–H groups in total. The molecule has 2 rings (SSSR count). The Morgan fingerprint density at radius 3 is 2.53 bits per heavy atom. The Bertz CT molecular complexity index is 498. The molecule has 0 aliphatic rings. The summed E-state index contributed by atoms with van der Waals surface area (Å²) in [5.41, 5.74) is 4.35. The fraction of sp³-hybridized carbons (Fsp3) is 0.333. The van der Waals surface area contributed by atoms with Crippen molar-refractivity contribution in [3.8, 4) is 0 Å². The van der Waals surface area contributed by atoms with Gasteiger partial charge in [0, 0.05) is 27.7 Å². The first-order valence-corrected chi connectivity index (χ1v) is 8.16. The molecule has 1 aromatic heterocycles. The van der Waals surface area contributed by atoms with E-state index in [2.05, 4.69) is 70.1 Å². The molecule has 4 heteroatoms. The highest BCUT2D eigenvalue weighted by Gasteiger charge is 2.22. The second-order valence-electron chi connectivity index (χ2n) is 4.59. The molecule has 0 spiro atoms. The van der Waals surface area contributed by atoms with Crippen LogP contribution in [0.1, 0.15) is 29.7 Å². The summed E-state index contributed by atoms with van der Waals surface area (Å²) in [6.07, 6.45) is 2.02. The summed E-state index contributed by atoms with van der Waals surface area (Å²) in [6, 6.07) is 12.9. The van der Waals surface area contributed by atoms with Gasteiger partial charge in [-0.15, -0.1) is 11.3 Å². The molecular weight excluding hydrogens is 320 g/mol. The average molecular weight is 339 g/mol. The van der Waals surface area contributed by atoms with Gasteiger partial charge < -0.3 is 0 Å². The normalized spacial score (nSPS) is 14.3. The Kier molecular flexibility index (Phi) is 5.58. The van der Waals surface area contributed by atoms with Gasteiger partial charge in [-0.05, 0) is 39.4 Å². The van der Waals surface area contributed by atoms with E-state index < -0.39 is 0 Å². The maximum absolute atomic E-state index is 5.79. The smallest absolute Gasteiger partial charge is 0.0327 e. The third-order valence-corrected chi connectivity index (χ3v) is 5.41. The number of nitrogens with two attached hydrogens (primary N) is 1. The van der Waals surface area contributed by atoms with Gasteiger partial charge in [0.25, 0.3) is 0 Å². The van der Waals surface area contributed by atoms with Crippen LogP contribution in [0.5, 0.6) is 0 Å². The molecule has 102 valence electrons. The lowest BCUT2D eigenvalue weighted by Crippen LogP contribution is -2.41. The van der Waals surface area contributed by atoms with E-state index in [1.165, 1.54) is 14.9 Å². The van der Waals surface area contributed by atoms with E-state index in [1.807, 2.05) is 0 Å². The van der Waals surface area contributed by atoms with Crippen LogP contribution in [0.4, 0.5) is 0 Å². The molecule has 0 saturated carbocycles. The number of hydrazine groups is 1. The second-order valence-corrected chi connectivity index (χ2v) is 6.45. The highest BCUT2D eigenvalue weighted by atomic mass is 79.9. The Morgan fingerprint density at radius 2 is 2.00 bits per heavy atom. The van der Waals surface area contributed by atoms with Crippen LogP contribution >= 0.6 is 27.3 Å². The molecule has 2 unspecified atom stereocenters. The van der Waals surface area contributed by atoms with Gasteiger partial charge in [-0.25, -0.2) is 0 Å². The van der Waals surface area contributed by atoms with E-state index in [9.17, 15) is 0 Å². The summed E-state index contributed by atoms with van der Waals surface area (Å²) >= 11 is 5.37. The molecule has 2 nitrogen and oxygen atoms in total. The van der Waals surface area contributed by atoms with E-state index in [1.54, 1.807) is 11.3 Å². The monoisotopic (exact) mass is 338 g/mol. The molecule has 0 bridgehead atoms. The second kappa shape index (κ2) is 7.20. The van der Waals surface area contributed by atoms with Crippen molar-refractivity contribution in [1.29, 1.82) is 0 Å². The van der Waals surface area contributed by atoms with Crippen molar-refractivity contribution in [1.82, 2.24) is 5.43 Å². The van der Waals surface area contributed by atoms with Gasteiger partial charge in [0.2, 0.25) is 0 Å². The van der Waals surface area contributed by atoms with Gasteiger partial charge in [0.15, 0.2) is 0 Å². The lowest BCUT2D eigenvalue weighted by atomic mass is 9.87. The van der Waals surface area contributed by atoms with Crippen molar-refractivity contribution >= 4 is 27.3 Å². The number of rotatable bonds is 6. The number of nitrogens with one attached hydrogen (secondary N) is 1. The fourth-order valence-corrected chi connectivity index (χ4v) is 4.01. The molecule has 0 amide bonds. The van der Waals surface area contributed by atoms with Crippen LogP contribution in [-0.4, -0.2) is 6.04 Å². The van der Waals surface area contributed by atoms with E-state index in [4.69, 9.17) is 5.84 Å². The van der Waals surface area contributed by atoms with Crippen LogP contribution in [0.15, 0.2) is 46.3 Å². The lowest BCUT2D eigenvalue weighted by molar-refractivity contribution is 0.429. The third kappa shape index (κ3) is 3.66. The molecule has 0 aliphatic heterocycles. The van der Waals surface area contributed by atoms with E-state index in [-0.39, 0.29) is 6.04 Å². The van der Waals surface area contributed by atoms with Crippen LogP contribution in [0.25, 0.3) is 0 Å². The topological polar surface area (TPSA) is 38.0 Å². The van der Waals surface area contributed by atoms with Gasteiger partial charge in [-0.2, -0.15) is 0 Å². The summed E-state index contributed by atoms with van der Waals surface area (Å²) < 4.78 is 1.18. The molecule has 1 heterocycles. The zero-order chi connectivity index (χ0) is 13.7. The van der Waals surface area contributed by atoms with Crippen molar-refractivity contribution in [2.75, 3.05) is 0 Å². The summed E-state index contributed by atoms with van der Waals surface area (Å²) in [4.78, 5) is 1.34. The molecule has 0 aliphatic carbocycles. The quantitative estimate of drug-likeness (QED) is 0.615. The SMILES string of the molecule is CCC(c1ccccc1)C(Cc1sccc1Br)NN. The van der Waals surface area contributed by atoms with Crippen LogP contribution in [-0.2, 0) is 6.42 Å². The number of hydrogen-bond acceptors (Lipinski definition) is 3. The minimum absolute atomic E-state index is 0.252. The molecule has 2 atom stereocenters. The highest BCUT2D eigenvalue weighted by Crippen LogP contribution is 2.29. The number of thiophene rings is 1. The predicted molar refractivity (Wildman–Crippen MR) is 86.3 cm³/mol. The average Bonchev–Trinajstić information content (AvgIpc) is 2.85. The minimum atomic E-state index is 0.252. The van der Waals surface area contributed by atoms with Crippen molar-refractivity contribution in [3.05, 3.63) is 56.7 Å². The standard InChI is InChI=1S/C15H19BrN2S/c1-2-12(11-6-4-3-5-7-11)14(18-17)10-15-13(16)8-9-19-15/h3-9,12,14,18H,2,10,17H2,1H3. The largest absolute Gasteiger partial charge is 0.271 e. The van der Waals surface area contributed by atoms with Crippen LogP contribution in [0.3, 0.4) is 0 Å². The minimum Gasteiger partial charge on any atom is -0.271 e. The Morgan fingerprint density at radius 1 is 1.26 bits per heavy atom. The molecule has 2 aromatic rings. The summed E-state index contributed by atoms with van der Waals surface area (Å²) in [5.74, 6) is 6.22.